The fourth-order valence-electron chi connectivity index (χ4n) is 3.83. The minimum absolute atomic E-state index is 0.0709. The summed E-state index contributed by atoms with van der Waals surface area (Å²) in [6.07, 6.45) is 2.07. The number of halogens is 1. The van der Waals surface area contributed by atoms with Crippen LogP contribution >= 0.6 is 23.4 Å². The van der Waals surface area contributed by atoms with Crippen LogP contribution in [0.1, 0.15) is 25.3 Å². The van der Waals surface area contributed by atoms with Crippen LogP contribution in [0.2, 0.25) is 5.02 Å². The summed E-state index contributed by atoms with van der Waals surface area (Å²) in [6.45, 7) is 3.44. The van der Waals surface area contributed by atoms with Crippen LogP contribution in [0.25, 0.3) is 0 Å². The molecular weight excluding hydrogens is 420 g/mol. The molecule has 2 aromatic rings. The van der Waals surface area contributed by atoms with Crippen LogP contribution in [-0.4, -0.2) is 36.3 Å². The van der Waals surface area contributed by atoms with E-state index in [1.54, 1.807) is 4.90 Å². The summed E-state index contributed by atoms with van der Waals surface area (Å²) < 4.78 is 5.58. The van der Waals surface area contributed by atoms with Gasteiger partial charge >= 0.3 is 0 Å². The smallest absolute Gasteiger partial charge is 0.241 e. The number of carbonyl (C=O) groups excluding carboxylic acids is 2. The first-order chi connectivity index (χ1) is 14.5. The lowest BCUT2D eigenvalue weighted by Gasteiger charge is -2.36. The van der Waals surface area contributed by atoms with Crippen LogP contribution in [0.4, 0.5) is 5.69 Å². The van der Waals surface area contributed by atoms with E-state index in [0.29, 0.717) is 18.1 Å². The van der Waals surface area contributed by atoms with Gasteiger partial charge in [0.2, 0.25) is 11.8 Å². The number of nitrogens with one attached hydrogen (secondary N) is 1. The molecule has 0 saturated carbocycles. The molecule has 30 heavy (non-hydrogen) atoms. The third-order valence-electron chi connectivity index (χ3n) is 5.60. The molecule has 2 heterocycles. The average Bonchev–Trinajstić information content (AvgIpc) is 3.28. The molecule has 0 spiro atoms. The fraction of sp³-hybridized carbons (Fsp3) is 0.391. The van der Waals surface area contributed by atoms with Crippen molar-refractivity contribution in [2.75, 3.05) is 18.1 Å². The number of ether oxygens (including phenoxy) is 1. The van der Waals surface area contributed by atoms with Crippen LogP contribution in [0.5, 0.6) is 0 Å². The first-order valence-corrected chi connectivity index (χ1v) is 11.5. The van der Waals surface area contributed by atoms with Crippen molar-refractivity contribution in [1.82, 2.24) is 5.32 Å². The second kappa shape index (κ2) is 9.41. The number of amides is 2. The molecule has 1 saturated heterocycles. The van der Waals surface area contributed by atoms with Gasteiger partial charge in [0.1, 0.15) is 5.25 Å². The predicted octanol–water partition coefficient (Wildman–Crippen LogP) is 4.28. The minimum atomic E-state index is -0.494. The highest BCUT2D eigenvalue weighted by Gasteiger charge is 2.39. The summed E-state index contributed by atoms with van der Waals surface area (Å²) >= 11 is 7.81. The number of benzene rings is 2. The Bertz CT molecular complexity index is 932. The van der Waals surface area contributed by atoms with Gasteiger partial charge in [-0.15, -0.1) is 11.8 Å². The fourth-order valence-corrected chi connectivity index (χ4v) is 5.31. The van der Waals surface area contributed by atoms with E-state index in [0.717, 1.165) is 35.6 Å². The largest absolute Gasteiger partial charge is 0.376 e. The average molecular weight is 445 g/mol. The number of hydrogen-bond donors (Lipinski definition) is 1. The van der Waals surface area contributed by atoms with Gasteiger partial charge in [0.25, 0.3) is 0 Å². The topological polar surface area (TPSA) is 58.6 Å². The van der Waals surface area contributed by atoms with Gasteiger partial charge in [-0.1, -0.05) is 48.9 Å². The Labute approximate surface area is 186 Å². The molecule has 2 aliphatic rings. The number of thioether (sulfide) groups is 1. The second-order valence-electron chi connectivity index (χ2n) is 7.69. The summed E-state index contributed by atoms with van der Waals surface area (Å²) in [7, 11) is 0. The number of para-hydroxylation sites is 1. The van der Waals surface area contributed by atoms with E-state index >= 15 is 0 Å². The Morgan fingerprint density at radius 3 is 2.80 bits per heavy atom. The van der Waals surface area contributed by atoms with Crippen molar-refractivity contribution < 1.29 is 14.3 Å². The van der Waals surface area contributed by atoms with E-state index < -0.39 is 11.2 Å². The minimum Gasteiger partial charge on any atom is -0.376 e. The SMILES string of the molecule is CC(C(=O)NCC1CCCO1)C1Sc2ccccc2N(Cc2ccccc2Cl)C1=O. The third-order valence-corrected chi connectivity index (χ3v) is 7.43. The number of carbonyl (C=O) groups is 2. The highest BCUT2D eigenvalue weighted by atomic mass is 35.5. The first-order valence-electron chi connectivity index (χ1n) is 10.2. The molecule has 1 N–H and O–H groups in total. The van der Waals surface area contributed by atoms with Crippen molar-refractivity contribution in [3.63, 3.8) is 0 Å². The molecule has 0 aliphatic carbocycles. The summed E-state index contributed by atoms with van der Waals surface area (Å²) in [5.74, 6) is -0.655. The van der Waals surface area contributed by atoms with E-state index in [2.05, 4.69) is 5.32 Å². The zero-order valence-electron chi connectivity index (χ0n) is 16.8. The molecule has 3 atom stereocenters. The summed E-state index contributed by atoms with van der Waals surface area (Å²) in [5, 5.41) is 3.10. The Morgan fingerprint density at radius 2 is 2.03 bits per heavy atom. The number of anilines is 1. The number of rotatable bonds is 6. The van der Waals surface area contributed by atoms with E-state index in [1.165, 1.54) is 11.8 Å². The molecule has 2 aliphatic heterocycles. The molecule has 0 bridgehead atoms. The molecule has 2 aromatic carbocycles. The quantitative estimate of drug-likeness (QED) is 0.722. The molecule has 5 nitrogen and oxygen atoms in total. The highest BCUT2D eigenvalue weighted by Crippen LogP contribution is 2.42. The van der Waals surface area contributed by atoms with Crippen molar-refractivity contribution >= 4 is 40.9 Å². The van der Waals surface area contributed by atoms with Gasteiger partial charge in [-0.3, -0.25) is 9.59 Å². The lowest BCUT2D eigenvalue weighted by Crippen LogP contribution is -2.48. The zero-order chi connectivity index (χ0) is 21.1. The van der Waals surface area contributed by atoms with Crippen molar-refractivity contribution in [2.24, 2.45) is 5.92 Å². The predicted molar refractivity (Wildman–Crippen MR) is 120 cm³/mol. The summed E-state index contributed by atoms with van der Waals surface area (Å²) in [6, 6.07) is 15.3. The maximum Gasteiger partial charge on any atom is 0.241 e. The second-order valence-corrected chi connectivity index (χ2v) is 9.28. The number of hydrogen-bond acceptors (Lipinski definition) is 4. The maximum absolute atomic E-state index is 13.5. The molecule has 0 radical (unpaired) electrons. The van der Waals surface area contributed by atoms with Gasteiger partial charge < -0.3 is 15.0 Å². The number of fused-ring (bicyclic) bond motifs is 1. The lowest BCUT2D eigenvalue weighted by molar-refractivity contribution is -0.128. The molecule has 0 aromatic heterocycles. The van der Waals surface area contributed by atoms with Gasteiger partial charge in [-0.2, -0.15) is 0 Å². The first kappa shape index (κ1) is 21.2. The highest BCUT2D eigenvalue weighted by molar-refractivity contribution is 8.01. The van der Waals surface area contributed by atoms with E-state index in [-0.39, 0.29) is 17.9 Å². The van der Waals surface area contributed by atoms with Gasteiger partial charge in [0.05, 0.1) is 24.3 Å². The van der Waals surface area contributed by atoms with Gasteiger partial charge in [-0.25, -0.2) is 0 Å². The van der Waals surface area contributed by atoms with Crippen LogP contribution in [0, 0.1) is 5.92 Å². The van der Waals surface area contributed by atoms with Crippen LogP contribution in [0.3, 0.4) is 0 Å². The Hall–Kier alpha value is -2.02. The molecule has 158 valence electrons. The van der Waals surface area contributed by atoms with Crippen LogP contribution in [-0.2, 0) is 20.9 Å². The van der Waals surface area contributed by atoms with Crippen LogP contribution < -0.4 is 10.2 Å². The van der Waals surface area contributed by atoms with Crippen LogP contribution in [0.15, 0.2) is 53.4 Å². The van der Waals surface area contributed by atoms with Crippen molar-refractivity contribution in [3.8, 4) is 0 Å². The standard InChI is InChI=1S/C23H25ClN2O3S/c1-15(22(27)25-13-17-8-6-12-29-17)21-23(28)26(14-16-7-2-3-9-18(16)24)19-10-4-5-11-20(19)30-21/h2-5,7,9-11,15,17,21H,6,8,12-14H2,1H3,(H,25,27). The molecule has 4 rings (SSSR count). The number of nitrogens with zero attached hydrogens (tertiary/aromatic N) is 1. The molecule has 7 heteroatoms. The zero-order valence-corrected chi connectivity index (χ0v) is 18.4. The molecule has 3 unspecified atom stereocenters. The van der Waals surface area contributed by atoms with E-state index in [4.69, 9.17) is 16.3 Å². The summed E-state index contributed by atoms with van der Waals surface area (Å²) in [5.41, 5.74) is 1.74. The molecule has 1 fully saturated rings. The van der Waals surface area contributed by atoms with Crippen molar-refractivity contribution in [3.05, 3.63) is 59.1 Å². The molecular formula is C23H25ClN2O3S. The van der Waals surface area contributed by atoms with Gasteiger partial charge in [0, 0.05) is 23.1 Å². The Balaban J connectivity index is 1.53. The Morgan fingerprint density at radius 1 is 1.27 bits per heavy atom. The van der Waals surface area contributed by atoms with E-state index in [9.17, 15) is 9.59 Å². The Kier molecular flexibility index (Phi) is 6.66. The lowest BCUT2D eigenvalue weighted by atomic mass is 10.0. The summed E-state index contributed by atoms with van der Waals surface area (Å²) in [4.78, 5) is 29.0. The molecule has 2 amide bonds. The van der Waals surface area contributed by atoms with Gasteiger partial charge in [-0.05, 0) is 36.6 Å². The maximum atomic E-state index is 13.5. The van der Waals surface area contributed by atoms with Crippen molar-refractivity contribution in [2.45, 2.75) is 42.6 Å². The van der Waals surface area contributed by atoms with Gasteiger partial charge in [0.15, 0.2) is 0 Å². The van der Waals surface area contributed by atoms with Crippen molar-refractivity contribution in [1.29, 1.82) is 0 Å². The third kappa shape index (κ3) is 4.51. The monoisotopic (exact) mass is 444 g/mol. The normalized spacial score (nSPS) is 21.9. The van der Waals surface area contributed by atoms with E-state index in [1.807, 2.05) is 55.5 Å².